The number of ether oxygens (including phenoxy) is 2. The van der Waals surface area contributed by atoms with Gasteiger partial charge in [0, 0.05) is 49.4 Å². The summed E-state index contributed by atoms with van der Waals surface area (Å²) in [6.07, 6.45) is 2.39. The molecule has 0 saturated carbocycles. The Morgan fingerprint density at radius 3 is 2.59 bits per heavy atom. The third-order valence-corrected chi connectivity index (χ3v) is 8.21. The van der Waals surface area contributed by atoms with E-state index in [-0.39, 0.29) is 12.3 Å². The Hall–Kier alpha value is -1.28. The topological polar surface area (TPSA) is 24.9 Å². The molecule has 0 radical (unpaired) electrons. The zero-order chi connectivity index (χ0) is 19.5. The van der Waals surface area contributed by atoms with E-state index < -0.39 is 0 Å². The Morgan fingerprint density at radius 2 is 1.83 bits per heavy atom. The van der Waals surface area contributed by atoms with Gasteiger partial charge in [0.2, 0.25) is 0 Å². The van der Waals surface area contributed by atoms with Crippen molar-refractivity contribution in [2.45, 2.75) is 25.2 Å². The molecule has 5 rings (SSSR count). The van der Waals surface area contributed by atoms with Gasteiger partial charge in [-0.3, -0.25) is 4.90 Å². The molecule has 0 aliphatic carbocycles. The van der Waals surface area contributed by atoms with Crippen LogP contribution in [0.5, 0.6) is 0 Å². The van der Waals surface area contributed by atoms with Crippen LogP contribution < -0.4 is 0 Å². The van der Waals surface area contributed by atoms with Crippen LogP contribution in [0.2, 0.25) is 0 Å². The molecular formula is C23H28N2O2S2. The van der Waals surface area contributed by atoms with Crippen molar-refractivity contribution >= 4 is 32.1 Å². The first-order valence-corrected chi connectivity index (χ1v) is 12.2. The van der Waals surface area contributed by atoms with E-state index in [1.54, 1.807) is 0 Å². The maximum Gasteiger partial charge on any atom is 0.134 e. The predicted molar refractivity (Wildman–Crippen MR) is 121 cm³/mol. The van der Waals surface area contributed by atoms with Crippen LogP contribution in [0, 0.1) is 0 Å². The molecule has 0 spiro atoms. The van der Waals surface area contributed by atoms with E-state index in [2.05, 4.69) is 57.6 Å². The number of thiophene rings is 2. The van der Waals surface area contributed by atoms with Crippen molar-refractivity contribution in [3.8, 4) is 0 Å². The first kappa shape index (κ1) is 19.7. The third kappa shape index (κ3) is 4.90. The van der Waals surface area contributed by atoms with Gasteiger partial charge >= 0.3 is 0 Å². The minimum Gasteiger partial charge on any atom is -0.371 e. The molecular weight excluding hydrogens is 400 g/mol. The summed E-state index contributed by atoms with van der Waals surface area (Å²) in [7, 11) is 0. The Morgan fingerprint density at radius 1 is 0.966 bits per heavy atom. The van der Waals surface area contributed by atoms with E-state index in [1.165, 1.54) is 19.8 Å². The fourth-order valence-electron chi connectivity index (χ4n) is 4.22. The van der Waals surface area contributed by atoms with E-state index in [4.69, 9.17) is 9.47 Å². The highest BCUT2D eigenvalue weighted by atomic mass is 32.2. The average Bonchev–Trinajstić information content (AvgIpc) is 3.36. The van der Waals surface area contributed by atoms with Gasteiger partial charge in [0.1, 0.15) is 6.23 Å². The Bertz CT molecular complexity index is 865. The molecule has 1 aromatic carbocycles. The monoisotopic (exact) mass is 428 g/mol. The van der Waals surface area contributed by atoms with Gasteiger partial charge in [-0.2, -0.15) is 0 Å². The lowest BCUT2D eigenvalue weighted by Crippen LogP contribution is -2.55. The van der Waals surface area contributed by atoms with Crippen molar-refractivity contribution in [1.29, 1.82) is 0 Å². The van der Waals surface area contributed by atoms with Gasteiger partial charge in [-0.25, -0.2) is 0 Å². The molecule has 2 saturated heterocycles. The lowest BCUT2D eigenvalue weighted by Gasteiger charge is -2.41. The standard InChI is InChI=1S/C23H28N2O2S2/c1-2-4-18(5-3-1)14-20-16-27-22(17-26-20)25-11-9-24(10-12-25)8-6-21-15-19-7-13-28-23(19)29-21/h1-5,7,13,15,20,22H,6,8-12,14,16-17H2. The first-order chi connectivity index (χ1) is 14.3. The van der Waals surface area contributed by atoms with Crippen LogP contribution >= 0.6 is 22.7 Å². The lowest BCUT2D eigenvalue weighted by molar-refractivity contribution is -0.189. The average molecular weight is 429 g/mol. The van der Waals surface area contributed by atoms with Crippen LogP contribution in [0.1, 0.15) is 10.4 Å². The SMILES string of the molecule is c1ccc(CC2COC(N3CCN(CCc4cc5ccsc5s4)CC3)CO2)cc1. The summed E-state index contributed by atoms with van der Waals surface area (Å²) >= 11 is 3.82. The maximum absolute atomic E-state index is 6.18. The summed E-state index contributed by atoms with van der Waals surface area (Å²) in [6, 6.07) is 15.1. The van der Waals surface area contributed by atoms with Gasteiger partial charge in [-0.05, 0) is 29.5 Å². The minimum atomic E-state index is 0.119. The molecule has 3 aromatic rings. The van der Waals surface area contributed by atoms with Gasteiger partial charge in [-0.15, -0.1) is 22.7 Å². The molecule has 2 aromatic heterocycles. The minimum absolute atomic E-state index is 0.119. The highest BCUT2D eigenvalue weighted by molar-refractivity contribution is 7.37. The summed E-state index contributed by atoms with van der Waals surface area (Å²) < 4.78 is 13.8. The number of hydrogen-bond acceptors (Lipinski definition) is 6. The van der Waals surface area contributed by atoms with Gasteiger partial charge < -0.3 is 14.4 Å². The van der Waals surface area contributed by atoms with E-state index >= 15 is 0 Å². The Labute approximate surface area is 180 Å². The highest BCUT2D eigenvalue weighted by Crippen LogP contribution is 2.30. The third-order valence-electron chi connectivity index (χ3n) is 5.94. The van der Waals surface area contributed by atoms with Gasteiger partial charge in [0.15, 0.2) is 0 Å². The van der Waals surface area contributed by atoms with Crippen molar-refractivity contribution in [2.24, 2.45) is 0 Å². The fourth-order valence-corrected chi connectivity index (χ4v) is 6.37. The Kier molecular flexibility index (Phi) is 6.27. The van der Waals surface area contributed by atoms with Crippen LogP contribution in [0.4, 0.5) is 0 Å². The van der Waals surface area contributed by atoms with Crippen LogP contribution in [-0.4, -0.2) is 68.1 Å². The molecule has 2 fully saturated rings. The number of fused-ring (bicyclic) bond motifs is 1. The molecule has 4 nitrogen and oxygen atoms in total. The number of hydrogen-bond donors (Lipinski definition) is 0. The molecule has 0 N–H and O–H groups in total. The lowest BCUT2D eigenvalue weighted by atomic mass is 10.1. The second-order valence-electron chi connectivity index (χ2n) is 7.94. The van der Waals surface area contributed by atoms with Crippen LogP contribution in [0.25, 0.3) is 9.40 Å². The second kappa shape index (κ2) is 9.25. The van der Waals surface area contributed by atoms with Crippen LogP contribution in [0.15, 0.2) is 47.8 Å². The normalized spacial score (nSPS) is 24.3. The number of rotatable bonds is 6. The molecule has 2 aliphatic heterocycles. The second-order valence-corrected chi connectivity index (χ2v) is 10.2. The summed E-state index contributed by atoms with van der Waals surface area (Å²) in [5.41, 5.74) is 1.32. The predicted octanol–water partition coefficient (Wildman–Crippen LogP) is 4.11. The number of nitrogens with zero attached hydrogens (tertiary/aromatic N) is 2. The Balaban J connectivity index is 1.03. The van der Waals surface area contributed by atoms with E-state index in [0.29, 0.717) is 13.2 Å². The molecule has 6 heteroatoms. The largest absolute Gasteiger partial charge is 0.371 e. The maximum atomic E-state index is 6.18. The van der Waals surface area contributed by atoms with Crippen molar-refractivity contribution in [3.05, 3.63) is 58.3 Å². The summed E-state index contributed by atoms with van der Waals surface area (Å²) in [6.45, 7) is 6.90. The zero-order valence-corrected chi connectivity index (χ0v) is 18.3. The van der Waals surface area contributed by atoms with Crippen molar-refractivity contribution in [1.82, 2.24) is 9.80 Å². The van der Waals surface area contributed by atoms with Crippen LogP contribution in [-0.2, 0) is 22.3 Å². The van der Waals surface area contributed by atoms with Crippen LogP contribution in [0.3, 0.4) is 0 Å². The molecule has 154 valence electrons. The summed E-state index contributed by atoms with van der Waals surface area (Å²) in [5.74, 6) is 0. The van der Waals surface area contributed by atoms with Gasteiger partial charge in [-0.1, -0.05) is 30.3 Å². The summed E-state index contributed by atoms with van der Waals surface area (Å²) in [4.78, 5) is 6.56. The van der Waals surface area contributed by atoms with E-state index in [9.17, 15) is 0 Å². The quantitative estimate of drug-likeness (QED) is 0.590. The molecule has 4 heterocycles. The van der Waals surface area contributed by atoms with E-state index in [0.717, 1.165) is 45.6 Å². The zero-order valence-electron chi connectivity index (χ0n) is 16.7. The molecule has 29 heavy (non-hydrogen) atoms. The highest BCUT2D eigenvalue weighted by Gasteiger charge is 2.29. The molecule has 0 amide bonds. The molecule has 2 unspecified atom stereocenters. The van der Waals surface area contributed by atoms with Crippen molar-refractivity contribution in [2.75, 3.05) is 45.9 Å². The molecule has 2 aliphatic rings. The van der Waals surface area contributed by atoms with E-state index in [1.807, 2.05) is 22.7 Å². The summed E-state index contributed by atoms with van der Waals surface area (Å²) in [5, 5.41) is 3.60. The smallest absolute Gasteiger partial charge is 0.134 e. The fraction of sp³-hybridized carbons (Fsp3) is 0.478. The number of benzene rings is 1. The first-order valence-electron chi connectivity index (χ1n) is 10.5. The molecule has 2 atom stereocenters. The van der Waals surface area contributed by atoms with Gasteiger partial charge in [0.25, 0.3) is 0 Å². The number of piperazine rings is 1. The van der Waals surface area contributed by atoms with Gasteiger partial charge in [0.05, 0.1) is 23.3 Å². The van der Waals surface area contributed by atoms with Crippen molar-refractivity contribution in [3.63, 3.8) is 0 Å². The molecule has 0 bridgehead atoms. The van der Waals surface area contributed by atoms with Crippen molar-refractivity contribution < 1.29 is 9.47 Å².